The van der Waals surface area contributed by atoms with Crippen LogP contribution < -0.4 is 4.90 Å². The predicted octanol–water partition coefficient (Wildman–Crippen LogP) is 5.07. The number of nitrogens with zero attached hydrogens (tertiary/aromatic N) is 3. The van der Waals surface area contributed by atoms with Crippen LogP contribution in [0.15, 0.2) is 47.4 Å². The highest BCUT2D eigenvalue weighted by Gasteiger charge is 2.20. The quantitative estimate of drug-likeness (QED) is 0.442. The molecule has 1 aromatic heterocycles. The molecule has 0 unspecified atom stereocenters. The Morgan fingerprint density at radius 2 is 1.76 bits per heavy atom. The first-order valence-corrected chi connectivity index (χ1v) is 10.6. The minimum atomic E-state index is -0.319. The molecule has 2 aromatic carbocycles. The van der Waals surface area contributed by atoms with E-state index in [-0.39, 0.29) is 35.7 Å². The number of anilines is 1. The van der Waals surface area contributed by atoms with Crippen molar-refractivity contribution in [3.8, 4) is 0 Å². The van der Waals surface area contributed by atoms with Crippen LogP contribution in [0.1, 0.15) is 6.42 Å². The second-order valence-corrected chi connectivity index (χ2v) is 8.61. The van der Waals surface area contributed by atoms with Gasteiger partial charge in [0, 0.05) is 11.4 Å². The van der Waals surface area contributed by atoms with Gasteiger partial charge in [0.15, 0.2) is 5.13 Å². The van der Waals surface area contributed by atoms with Crippen LogP contribution in [0.5, 0.6) is 0 Å². The lowest BCUT2D eigenvalue weighted by molar-refractivity contribution is -0.116. The van der Waals surface area contributed by atoms with Crippen molar-refractivity contribution in [1.29, 1.82) is 0 Å². The number of benzene rings is 2. The van der Waals surface area contributed by atoms with Gasteiger partial charge in [0.1, 0.15) is 11.6 Å². The maximum absolute atomic E-state index is 13.5. The molecule has 0 bridgehead atoms. The van der Waals surface area contributed by atoms with Crippen molar-refractivity contribution in [1.82, 2.24) is 9.88 Å². The second kappa shape index (κ2) is 10.9. The van der Waals surface area contributed by atoms with Crippen LogP contribution in [0.4, 0.5) is 13.9 Å². The first-order chi connectivity index (χ1) is 13.4. The summed E-state index contributed by atoms with van der Waals surface area (Å²) in [6.45, 7) is 1.37. The fourth-order valence-corrected chi connectivity index (χ4v) is 4.44. The average Bonchev–Trinajstić information content (AvgIpc) is 3.07. The SMILES string of the molecule is CN(C)CCCN(C(=O)CSc1ccc(F)cc1)c1nc2ccc(F)cc2s1.Cl. The van der Waals surface area contributed by atoms with E-state index in [9.17, 15) is 13.6 Å². The van der Waals surface area contributed by atoms with Crippen LogP contribution in [-0.4, -0.2) is 48.7 Å². The van der Waals surface area contributed by atoms with Gasteiger partial charge >= 0.3 is 0 Å². The molecular weight excluding hydrogens is 436 g/mol. The lowest BCUT2D eigenvalue weighted by Gasteiger charge is -2.21. The van der Waals surface area contributed by atoms with Gasteiger partial charge in [-0.05, 0) is 69.5 Å². The number of hydrogen-bond donors (Lipinski definition) is 0. The Balaban J connectivity index is 0.00000300. The third kappa shape index (κ3) is 6.64. The zero-order valence-electron chi connectivity index (χ0n) is 16.1. The maximum atomic E-state index is 13.5. The van der Waals surface area contributed by atoms with Crippen LogP contribution in [0, 0.1) is 11.6 Å². The van der Waals surface area contributed by atoms with E-state index in [2.05, 4.69) is 9.88 Å². The molecule has 4 nitrogen and oxygen atoms in total. The van der Waals surface area contributed by atoms with E-state index < -0.39 is 0 Å². The molecule has 0 N–H and O–H groups in total. The zero-order valence-corrected chi connectivity index (χ0v) is 18.5. The van der Waals surface area contributed by atoms with Crippen molar-refractivity contribution >= 4 is 56.8 Å². The molecule has 156 valence electrons. The highest BCUT2D eigenvalue weighted by atomic mass is 35.5. The van der Waals surface area contributed by atoms with E-state index in [0.29, 0.717) is 21.9 Å². The first kappa shape index (κ1) is 23.5. The molecule has 0 spiro atoms. The van der Waals surface area contributed by atoms with E-state index in [4.69, 9.17) is 0 Å². The lowest BCUT2D eigenvalue weighted by atomic mass is 10.3. The van der Waals surface area contributed by atoms with Crippen LogP contribution in [0.25, 0.3) is 10.2 Å². The van der Waals surface area contributed by atoms with E-state index in [0.717, 1.165) is 17.9 Å². The molecule has 3 rings (SSSR count). The first-order valence-electron chi connectivity index (χ1n) is 8.82. The molecule has 29 heavy (non-hydrogen) atoms. The number of amides is 1. The van der Waals surface area contributed by atoms with Crippen LogP contribution in [-0.2, 0) is 4.79 Å². The van der Waals surface area contributed by atoms with Crippen molar-refractivity contribution in [3.63, 3.8) is 0 Å². The van der Waals surface area contributed by atoms with Gasteiger partial charge in [0.05, 0.1) is 16.0 Å². The summed E-state index contributed by atoms with van der Waals surface area (Å²) in [5.74, 6) is -0.479. The standard InChI is InChI=1S/C20H21F2N3OS2.ClH/c1-24(2)10-3-11-25(19(26)13-27-16-7-4-14(21)5-8-16)20-23-17-9-6-15(22)12-18(17)28-20;/h4-9,12H,3,10-11,13H2,1-2H3;1H. The van der Waals surface area contributed by atoms with Gasteiger partial charge in [0.2, 0.25) is 5.91 Å². The molecule has 0 aliphatic heterocycles. The number of rotatable bonds is 8. The number of fused-ring (bicyclic) bond motifs is 1. The molecule has 0 atom stereocenters. The number of aromatic nitrogens is 1. The molecule has 0 saturated carbocycles. The summed E-state index contributed by atoms with van der Waals surface area (Å²) in [5.41, 5.74) is 0.679. The summed E-state index contributed by atoms with van der Waals surface area (Å²) in [5, 5.41) is 0.573. The van der Waals surface area contributed by atoms with E-state index >= 15 is 0 Å². The molecule has 0 saturated heterocycles. The van der Waals surface area contributed by atoms with Gasteiger partial charge in [-0.3, -0.25) is 9.69 Å². The number of thioether (sulfide) groups is 1. The normalized spacial score (nSPS) is 10.9. The van der Waals surface area contributed by atoms with E-state index in [1.54, 1.807) is 23.1 Å². The molecule has 0 aliphatic carbocycles. The summed E-state index contributed by atoms with van der Waals surface area (Å²) in [6.07, 6.45) is 0.796. The van der Waals surface area contributed by atoms with Gasteiger partial charge in [-0.25, -0.2) is 13.8 Å². The molecular formula is C20H22ClF2N3OS2. The molecule has 1 heterocycles. The fourth-order valence-electron chi connectivity index (χ4n) is 2.63. The highest BCUT2D eigenvalue weighted by Crippen LogP contribution is 2.30. The van der Waals surface area contributed by atoms with Gasteiger partial charge in [-0.15, -0.1) is 24.2 Å². The topological polar surface area (TPSA) is 36.4 Å². The summed E-state index contributed by atoms with van der Waals surface area (Å²) >= 11 is 2.67. The number of carbonyl (C=O) groups is 1. The Morgan fingerprint density at radius 3 is 2.45 bits per heavy atom. The average molecular weight is 458 g/mol. The lowest BCUT2D eigenvalue weighted by Crippen LogP contribution is -2.34. The third-order valence-electron chi connectivity index (χ3n) is 4.03. The summed E-state index contributed by atoms with van der Waals surface area (Å²) in [6, 6.07) is 10.5. The van der Waals surface area contributed by atoms with Crippen molar-refractivity contribution < 1.29 is 13.6 Å². The van der Waals surface area contributed by atoms with Crippen molar-refractivity contribution in [2.75, 3.05) is 37.8 Å². The van der Waals surface area contributed by atoms with Crippen LogP contribution >= 0.6 is 35.5 Å². The van der Waals surface area contributed by atoms with E-state index in [1.807, 2.05) is 14.1 Å². The van der Waals surface area contributed by atoms with Gasteiger partial charge in [-0.2, -0.15) is 0 Å². The molecule has 3 aromatic rings. The number of carbonyl (C=O) groups excluding carboxylic acids is 1. The number of hydrogen-bond acceptors (Lipinski definition) is 5. The van der Waals surface area contributed by atoms with Crippen molar-refractivity contribution in [2.24, 2.45) is 0 Å². The summed E-state index contributed by atoms with van der Waals surface area (Å²) in [7, 11) is 3.97. The van der Waals surface area contributed by atoms with E-state index in [1.165, 1.54) is 47.4 Å². The summed E-state index contributed by atoms with van der Waals surface area (Å²) < 4.78 is 27.3. The van der Waals surface area contributed by atoms with Gasteiger partial charge in [0.25, 0.3) is 0 Å². The monoisotopic (exact) mass is 457 g/mol. The third-order valence-corrected chi connectivity index (χ3v) is 6.07. The Morgan fingerprint density at radius 1 is 1.07 bits per heavy atom. The Labute approximate surface area is 183 Å². The van der Waals surface area contributed by atoms with Gasteiger partial charge < -0.3 is 4.90 Å². The minimum absolute atomic E-state index is 0. The largest absolute Gasteiger partial charge is 0.309 e. The zero-order chi connectivity index (χ0) is 20.1. The maximum Gasteiger partial charge on any atom is 0.239 e. The second-order valence-electron chi connectivity index (χ2n) is 6.55. The number of halogens is 3. The van der Waals surface area contributed by atoms with Crippen molar-refractivity contribution in [2.45, 2.75) is 11.3 Å². The molecule has 0 radical (unpaired) electrons. The minimum Gasteiger partial charge on any atom is -0.309 e. The van der Waals surface area contributed by atoms with Crippen LogP contribution in [0.2, 0.25) is 0 Å². The summed E-state index contributed by atoms with van der Waals surface area (Å²) in [4.78, 5) is 22.0. The number of thiazole rings is 1. The highest BCUT2D eigenvalue weighted by molar-refractivity contribution is 8.00. The van der Waals surface area contributed by atoms with Crippen molar-refractivity contribution in [3.05, 3.63) is 54.1 Å². The fraction of sp³-hybridized carbons (Fsp3) is 0.300. The molecule has 0 fully saturated rings. The molecule has 9 heteroatoms. The molecule has 1 amide bonds. The Kier molecular flexibility index (Phi) is 8.82. The Hall–Kier alpha value is -1.74. The molecule has 0 aliphatic rings. The predicted molar refractivity (Wildman–Crippen MR) is 119 cm³/mol. The Bertz CT molecular complexity index is 951. The smallest absolute Gasteiger partial charge is 0.239 e. The van der Waals surface area contributed by atoms with Crippen LogP contribution in [0.3, 0.4) is 0 Å². The van der Waals surface area contributed by atoms with Gasteiger partial charge in [-0.1, -0.05) is 11.3 Å².